The van der Waals surface area contributed by atoms with Crippen molar-refractivity contribution >= 4 is 5.69 Å². The number of nitrogens with one attached hydrogen (secondary N) is 1. The molecule has 1 aliphatic rings. The summed E-state index contributed by atoms with van der Waals surface area (Å²) in [6, 6.07) is 8.46. The van der Waals surface area contributed by atoms with Gasteiger partial charge in [0, 0.05) is 26.0 Å². The number of rotatable bonds is 9. The van der Waals surface area contributed by atoms with Crippen LogP contribution in [0.15, 0.2) is 24.3 Å². The van der Waals surface area contributed by atoms with E-state index in [-0.39, 0.29) is 0 Å². The summed E-state index contributed by atoms with van der Waals surface area (Å²) in [5, 5.41) is 3.54. The molecule has 1 aromatic carbocycles. The Hall–Kier alpha value is -1.26. The minimum absolute atomic E-state index is 0.402. The van der Waals surface area contributed by atoms with Crippen LogP contribution in [-0.4, -0.2) is 40.1 Å². The molecular formula is C15H23NO3. The molecule has 1 aromatic rings. The zero-order chi connectivity index (χ0) is 13.5. The lowest BCUT2D eigenvalue weighted by molar-refractivity contribution is 0.146. The van der Waals surface area contributed by atoms with Gasteiger partial charge < -0.3 is 19.5 Å². The van der Waals surface area contributed by atoms with Gasteiger partial charge in [-0.15, -0.1) is 0 Å². The van der Waals surface area contributed by atoms with E-state index in [0.717, 1.165) is 24.0 Å². The molecule has 4 nitrogen and oxygen atoms in total. The van der Waals surface area contributed by atoms with Crippen molar-refractivity contribution in [1.82, 2.24) is 0 Å². The minimum atomic E-state index is 0.402. The van der Waals surface area contributed by atoms with Crippen molar-refractivity contribution in [2.24, 2.45) is 5.92 Å². The molecule has 1 unspecified atom stereocenters. The summed E-state index contributed by atoms with van der Waals surface area (Å²) in [7, 11) is 3.42. The van der Waals surface area contributed by atoms with E-state index < -0.39 is 0 Å². The quantitative estimate of drug-likeness (QED) is 0.697. The number of hydrogen-bond acceptors (Lipinski definition) is 4. The Balaban J connectivity index is 1.89. The van der Waals surface area contributed by atoms with Crippen LogP contribution in [0.5, 0.6) is 5.75 Å². The Morgan fingerprint density at radius 3 is 2.74 bits per heavy atom. The fraction of sp³-hybridized carbons (Fsp3) is 0.600. The molecule has 4 heteroatoms. The molecule has 0 heterocycles. The number of hydrogen-bond donors (Lipinski definition) is 1. The summed E-state index contributed by atoms with van der Waals surface area (Å²) < 4.78 is 15.9. The highest BCUT2D eigenvalue weighted by Gasteiger charge is 2.31. The van der Waals surface area contributed by atoms with E-state index in [1.807, 2.05) is 18.2 Å². The SMILES string of the molecule is COCCOc1cccc(NC(COC)C2CC2)c1. The maximum absolute atomic E-state index is 5.61. The first-order valence-electron chi connectivity index (χ1n) is 6.80. The van der Waals surface area contributed by atoms with Crippen LogP contribution >= 0.6 is 0 Å². The molecule has 1 N–H and O–H groups in total. The van der Waals surface area contributed by atoms with Crippen LogP contribution in [0.25, 0.3) is 0 Å². The van der Waals surface area contributed by atoms with Crippen molar-refractivity contribution in [3.63, 3.8) is 0 Å². The monoisotopic (exact) mass is 265 g/mol. The van der Waals surface area contributed by atoms with E-state index in [4.69, 9.17) is 14.2 Å². The first-order chi connectivity index (χ1) is 9.33. The highest BCUT2D eigenvalue weighted by atomic mass is 16.5. The summed E-state index contributed by atoms with van der Waals surface area (Å²) in [6.07, 6.45) is 2.59. The molecular weight excluding hydrogens is 242 g/mol. The number of anilines is 1. The highest BCUT2D eigenvalue weighted by molar-refractivity contribution is 5.49. The lowest BCUT2D eigenvalue weighted by Crippen LogP contribution is -2.27. The van der Waals surface area contributed by atoms with Crippen LogP contribution in [0.4, 0.5) is 5.69 Å². The number of methoxy groups -OCH3 is 2. The average Bonchev–Trinajstić information content (AvgIpc) is 3.23. The second-order valence-electron chi connectivity index (χ2n) is 4.91. The fourth-order valence-corrected chi connectivity index (χ4v) is 2.11. The van der Waals surface area contributed by atoms with E-state index in [1.54, 1.807) is 14.2 Å². The molecule has 0 aliphatic heterocycles. The standard InChI is InChI=1S/C15H23NO3/c1-17-8-9-19-14-5-3-4-13(10-14)16-15(11-18-2)12-6-7-12/h3-5,10,12,15-16H,6-9,11H2,1-2H3. The van der Waals surface area contributed by atoms with Gasteiger partial charge in [-0.3, -0.25) is 0 Å². The topological polar surface area (TPSA) is 39.7 Å². The Labute approximate surface area is 115 Å². The van der Waals surface area contributed by atoms with Crippen molar-refractivity contribution in [3.05, 3.63) is 24.3 Å². The van der Waals surface area contributed by atoms with Crippen LogP contribution in [0.2, 0.25) is 0 Å². The summed E-state index contributed by atoms with van der Waals surface area (Å²) in [5.74, 6) is 1.62. The van der Waals surface area contributed by atoms with Crippen molar-refractivity contribution in [1.29, 1.82) is 0 Å². The van der Waals surface area contributed by atoms with Crippen molar-refractivity contribution < 1.29 is 14.2 Å². The second-order valence-corrected chi connectivity index (χ2v) is 4.91. The van der Waals surface area contributed by atoms with Gasteiger partial charge in [0.2, 0.25) is 0 Å². The molecule has 1 atom stereocenters. The van der Waals surface area contributed by atoms with E-state index in [0.29, 0.717) is 19.3 Å². The molecule has 0 aromatic heterocycles. The summed E-state index contributed by atoms with van der Waals surface area (Å²) in [4.78, 5) is 0. The van der Waals surface area contributed by atoms with E-state index in [9.17, 15) is 0 Å². The zero-order valence-electron chi connectivity index (χ0n) is 11.7. The highest BCUT2D eigenvalue weighted by Crippen LogP contribution is 2.34. The summed E-state index contributed by atoms with van der Waals surface area (Å²) in [6.45, 7) is 1.93. The maximum atomic E-state index is 5.61. The first-order valence-corrected chi connectivity index (χ1v) is 6.80. The zero-order valence-corrected chi connectivity index (χ0v) is 11.7. The third kappa shape index (κ3) is 4.73. The van der Waals surface area contributed by atoms with Gasteiger partial charge in [0.25, 0.3) is 0 Å². The smallest absolute Gasteiger partial charge is 0.121 e. The Morgan fingerprint density at radius 2 is 2.05 bits per heavy atom. The molecule has 19 heavy (non-hydrogen) atoms. The van der Waals surface area contributed by atoms with Crippen molar-refractivity contribution in [2.45, 2.75) is 18.9 Å². The molecule has 0 spiro atoms. The summed E-state index contributed by atoms with van der Waals surface area (Å²) in [5.41, 5.74) is 1.09. The second kappa shape index (κ2) is 7.36. The Bertz CT molecular complexity index is 379. The Morgan fingerprint density at radius 1 is 1.21 bits per heavy atom. The van der Waals surface area contributed by atoms with Crippen LogP contribution in [0.1, 0.15) is 12.8 Å². The molecule has 1 aliphatic carbocycles. The molecule has 0 amide bonds. The Kier molecular flexibility index (Phi) is 5.48. The van der Waals surface area contributed by atoms with Crippen LogP contribution in [-0.2, 0) is 9.47 Å². The van der Waals surface area contributed by atoms with Gasteiger partial charge in [-0.25, -0.2) is 0 Å². The molecule has 0 bridgehead atoms. The van der Waals surface area contributed by atoms with Gasteiger partial charge in [0.1, 0.15) is 12.4 Å². The first kappa shape index (κ1) is 14.2. The molecule has 1 fully saturated rings. The van der Waals surface area contributed by atoms with Gasteiger partial charge in [-0.05, 0) is 30.9 Å². The average molecular weight is 265 g/mol. The fourth-order valence-electron chi connectivity index (χ4n) is 2.11. The molecule has 2 rings (SSSR count). The third-order valence-corrected chi connectivity index (χ3v) is 3.28. The lowest BCUT2D eigenvalue weighted by atomic mass is 10.2. The minimum Gasteiger partial charge on any atom is -0.491 e. The molecule has 0 saturated heterocycles. The van der Waals surface area contributed by atoms with Gasteiger partial charge in [-0.2, -0.15) is 0 Å². The lowest BCUT2D eigenvalue weighted by Gasteiger charge is -2.19. The maximum Gasteiger partial charge on any atom is 0.121 e. The molecule has 1 saturated carbocycles. The number of ether oxygens (including phenoxy) is 3. The van der Waals surface area contributed by atoms with E-state index in [1.165, 1.54) is 12.8 Å². The van der Waals surface area contributed by atoms with Gasteiger partial charge in [0.15, 0.2) is 0 Å². The predicted octanol–water partition coefficient (Wildman–Crippen LogP) is 2.55. The third-order valence-electron chi connectivity index (χ3n) is 3.28. The van der Waals surface area contributed by atoms with Crippen molar-refractivity contribution in [2.75, 3.05) is 39.4 Å². The normalized spacial score (nSPS) is 16.1. The van der Waals surface area contributed by atoms with Crippen molar-refractivity contribution in [3.8, 4) is 5.75 Å². The molecule has 106 valence electrons. The van der Waals surface area contributed by atoms with Gasteiger partial charge >= 0.3 is 0 Å². The van der Waals surface area contributed by atoms with E-state index in [2.05, 4.69) is 11.4 Å². The number of benzene rings is 1. The largest absolute Gasteiger partial charge is 0.491 e. The van der Waals surface area contributed by atoms with Crippen LogP contribution in [0, 0.1) is 5.92 Å². The van der Waals surface area contributed by atoms with Crippen LogP contribution in [0.3, 0.4) is 0 Å². The van der Waals surface area contributed by atoms with E-state index >= 15 is 0 Å². The predicted molar refractivity (Wildman–Crippen MR) is 75.8 cm³/mol. The van der Waals surface area contributed by atoms with Crippen LogP contribution < -0.4 is 10.1 Å². The van der Waals surface area contributed by atoms with Gasteiger partial charge in [-0.1, -0.05) is 6.07 Å². The van der Waals surface area contributed by atoms with Gasteiger partial charge in [0.05, 0.1) is 19.3 Å². The summed E-state index contributed by atoms with van der Waals surface area (Å²) >= 11 is 0. The molecule has 0 radical (unpaired) electrons.